The molecule has 1 aromatic heterocycles. The second kappa shape index (κ2) is 7.92. The molecule has 0 bridgehead atoms. The van der Waals surface area contributed by atoms with Crippen LogP contribution in [0.1, 0.15) is 17.5 Å². The Bertz CT molecular complexity index is 954. The number of rotatable bonds is 7. The largest absolute Gasteiger partial charge is 0.494 e. The molecule has 3 aromatic carbocycles. The van der Waals surface area contributed by atoms with E-state index in [0.29, 0.717) is 0 Å². The molecule has 0 unspecified atom stereocenters. The molecular formula is C24H23NO. The van der Waals surface area contributed by atoms with Crippen LogP contribution in [0.4, 0.5) is 0 Å². The van der Waals surface area contributed by atoms with Gasteiger partial charge in [0.25, 0.3) is 0 Å². The van der Waals surface area contributed by atoms with Crippen LogP contribution < -0.4 is 4.74 Å². The molecule has 0 aliphatic carbocycles. The van der Waals surface area contributed by atoms with Gasteiger partial charge in [0.15, 0.2) is 0 Å². The molecule has 0 aliphatic heterocycles. The van der Waals surface area contributed by atoms with E-state index in [-0.39, 0.29) is 0 Å². The summed E-state index contributed by atoms with van der Waals surface area (Å²) in [6.07, 6.45) is 4.11. The van der Waals surface area contributed by atoms with Crippen LogP contribution in [0, 0.1) is 0 Å². The van der Waals surface area contributed by atoms with Crippen LogP contribution in [0.15, 0.2) is 91.1 Å². The molecule has 2 nitrogen and oxygen atoms in total. The molecule has 0 atom stereocenters. The summed E-state index contributed by atoms with van der Waals surface area (Å²) in [6, 6.07) is 29.7. The van der Waals surface area contributed by atoms with Gasteiger partial charge < -0.3 is 9.30 Å². The molecule has 1 heterocycles. The smallest absolute Gasteiger partial charge is 0.119 e. The minimum Gasteiger partial charge on any atom is -0.494 e. The fraction of sp³-hybridized carbons (Fsp3) is 0.167. The lowest BCUT2D eigenvalue weighted by atomic mass is 10.1. The molecule has 130 valence electrons. The Labute approximate surface area is 154 Å². The molecule has 4 rings (SSSR count). The van der Waals surface area contributed by atoms with Crippen molar-refractivity contribution in [1.29, 1.82) is 0 Å². The lowest BCUT2D eigenvalue weighted by Crippen LogP contribution is -2.03. The van der Waals surface area contributed by atoms with E-state index in [1.54, 1.807) is 0 Å². The van der Waals surface area contributed by atoms with Gasteiger partial charge in [-0.1, -0.05) is 60.7 Å². The molecule has 2 heteroatoms. The minimum atomic E-state index is 0.727. The van der Waals surface area contributed by atoms with Crippen molar-refractivity contribution in [1.82, 2.24) is 4.57 Å². The first-order valence-corrected chi connectivity index (χ1v) is 9.18. The van der Waals surface area contributed by atoms with E-state index in [1.165, 1.54) is 22.0 Å². The van der Waals surface area contributed by atoms with Crippen LogP contribution in [0.2, 0.25) is 0 Å². The van der Waals surface area contributed by atoms with Crippen molar-refractivity contribution >= 4 is 10.9 Å². The summed E-state index contributed by atoms with van der Waals surface area (Å²) in [6.45, 7) is 1.70. The normalized spacial score (nSPS) is 10.9. The van der Waals surface area contributed by atoms with Gasteiger partial charge in [0.05, 0.1) is 6.61 Å². The number of hydrogen-bond donors (Lipinski definition) is 0. The topological polar surface area (TPSA) is 14.2 Å². The third kappa shape index (κ3) is 3.97. The van der Waals surface area contributed by atoms with Crippen LogP contribution in [-0.2, 0) is 13.0 Å². The molecule has 0 amide bonds. The van der Waals surface area contributed by atoms with Crippen molar-refractivity contribution in [2.75, 3.05) is 6.61 Å². The lowest BCUT2D eigenvalue weighted by Gasteiger charge is -2.09. The predicted molar refractivity (Wildman–Crippen MR) is 108 cm³/mol. The Morgan fingerprint density at radius 1 is 0.692 bits per heavy atom. The number of nitrogens with zero attached hydrogens (tertiary/aromatic N) is 1. The van der Waals surface area contributed by atoms with Crippen molar-refractivity contribution in [3.63, 3.8) is 0 Å². The van der Waals surface area contributed by atoms with Gasteiger partial charge in [0, 0.05) is 18.3 Å². The van der Waals surface area contributed by atoms with Gasteiger partial charge in [-0.25, -0.2) is 0 Å². The van der Waals surface area contributed by atoms with E-state index < -0.39 is 0 Å². The Balaban J connectivity index is 1.27. The molecule has 0 N–H and O–H groups in total. The quantitative estimate of drug-likeness (QED) is 0.393. The summed E-state index contributed by atoms with van der Waals surface area (Å²) in [5.41, 5.74) is 3.93. The zero-order valence-corrected chi connectivity index (χ0v) is 14.8. The average Bonchev–Trinajstić information content (AvgIpc) is 3.11. The first kappa shape index (κ1) is 16.5. The first-order chi connectivity index (χ1) is 12.9. The molecule has 0 spiro atoms. The first-order valence-electron chi connectivity index (χ1n) is 9.18. The SMILES string of the molecule is c1ccc(Cc2ccc(OCCCn3ccc4ccccc43)cc2)cc1. The Morgan fingerprint density at radius 3 is 2.27 bits per heavy atom. The van der Waals surface area contributed by atoms with Gasteiger partial charge in [-0.05, 0) is 53.6 Å². The van der Waals surface area contributed by atoms with E-state index in [9.17, 15) is 0 Å². The Morgan fingerprint density at radius 2 is 1.42 bits per heavy atom. The summed E-state index contributed by atoms with van der Waals surface area (Å²) in [5, 5.41) is 1.29. The molecule has 0 aliphatic rings. The average molecular weight is 341 g/mol. The highest BCUT2D eigenvalue weighted by molar-refractivity contribution is 5.79. The molecule has 4 aromatic rings. The van der Waals surface area contributed by atoms with Gasteiger partial charge in [-0.15, -0.1) is 0 Å². The van der Waals surface area contributed by atoms with Gasteiger partial charge in [0.1, 0.15) is 5.75 Å². The van der Waals surface area contributed by atoms with Gasteiger partial charge >= 0.3 is 0 Å². The standard InChI is InChI=1S/C24H23NO/c1-2-7-20(8-3-1)19-21-11-13-23(14-12-21)26-18-6-16-25-17-15-22-9-4-5-10-24(22)25/h1-5,7-15,17H,6,16,18-19H2. The van der Waals surface area contributed by atoms with Gasteiger partial charge in [-0.3, -0.25) is 0 Å². The van der Waals surface area contributed by atoms with Crippen molar-refractivity contribution in [2.45, 2.75) is 19.4 Å². The van der Waals surface area contributed by atoms with Crippen LogP contribution >= 0.6 is 0 Å². The number of hydrogen-bond acceptors (Lipinski definition) is 1. The van der Waals surface area contributed by atoms with Crippen LogP contribution in [0.5, 0.6) is 5.75 Å². The number of para-hydroxylation sites is 1. The summed E-state index contributed by atoms with van der Waals surface area (Å²) in [7, 11) is 0. The fourth-order valence-corrected chi connectivity index (χ4v) is 3.30. The van der Waals surface area contributed by atoms with Crippen molar-refractivity contribution < 1.29 is 4.74 Å². The number of fused-ring (bicyclic) bond motifs is 1. The Hall–Kier alpha value is -3.00. The summed E-state index contributed by atoms with van der Waals surface area (Å²) >= 11 is 0. The molecule has 0 saturated heterocycles. The van der Waals surface area contributed by atoms with E-state index in [4.69, 9.17) is 4.74 Å². The van der Waals surface area contributed by atoms with Gasteiger partial charge in [0.2, 0.25) is 0 Å². The highest BCUT2D eigenvalue weighted by Crippen LogP contribution is 2.17. The highest BCUT2D eigenvalue weighted by atomic mass is 16.5. The van der Waals surface area contributed by atoms with Crippen LogP contribution in [-0.4, -0.2) is 11.2 Å². The number of benzene rings is 3. The molecule has 0 radical (unpaired) electrons. The van der Waals surface area contributed by atoms with E-state index in [1.807, 2.05) is 0 Å². The van der Waals surface area contributed by atoms with E-state index in [0.717, 1.165) is 31.7 Å². The predicted octanol–water partition coefficient (Wildman–Crippen LogP) is 5.70. The van der Waals surface area contributed by atoms with Crippen molar-refractivity contribution in [3.8, 4) is 5.75 Å². The third-order valence-corrected chi connectivity index (χ3v) is 4.67. The monoisotopic (exact) mass is 341 g/mol. The van der Waals surface area contributed by atoms with Crippen molar-refractivity contribution in [3.05, 3.63) is 102 Å². The van der Waals surface area contributed by atoms with Crippen LogP contribution in [0.25, 0.3) is 10.9 Å². The van der Waals surface area contributed by atoms with Crippen molar-refractivity contribution in [2.24, 2.45) is 0 Å². The second-order valence-electron chi connectivity index (χ2n) is 6.58. The lowest BCUT2D eigenvalue weighted by molar-refractivity contribution is 0.302. The fourth-order valence-electron chi connectivity index (χ4n) is 3.30. The summed E-state index contributed by atoms with van der Waals surface area (Å²) in [4.78, 5) is 0. The number of ether oxygens (including phenoxy) is 1. The molecule has 0 saturated carbocycles. The maximum atomic E-state index is 5.91. The molecule has 26 heavy (non-hydrogen) atoms. The number of aryl methyl sites for hydroxylation is 1. The zero-order chi connectivity index (χ0) is 17.6. The molecular weight excluding hydrogens is 318 g/mol. The zero-order valence-electron chi connectivity index (χ0n) is 14.8. The van der Waals surface area contributed by atoms with Gasteiger partial charge in [-0.2, -0.15) is 0 Å². The number of aromatic nitrogens is 1. The molecule has 0 fully saturated rings. The summed E-state index contributed by atoms with van der Waals surface area (Å²) in [5.74, 6) is 0.944. The van der Waals surface area contributed by atoms with Crippen LogP contribution in [0.3, 0.4) is 0 Å². The summed E-state index contributed by atoms with van der Waals surface area (Å²) < 4.78 is 8.20. The minimum absolute atomic E-state index is 0.727. The Kier molecular flexibility index (Phi) is 5.02. The van der Waals surface area contributed by atoms with E-state index in [2.05, 4.69) is 95.7 Å². The maximum Gasteiger partial charge on any atom is 0.119 e. The second-order valence-corrected chi connectivity index (χ2v) is 6.58. The highest BCUT2D eigenvalue weighted by Gasteiger charge is 2.01. The van der Waals surface area contributed by atoms with E-state index >= 15 is 0 Å². The maximum absolute atomic E-state index is 5.91. The third-order valence-electron chi connectivity index (χ3n) is 4.67.